The predicted molar refractivity (Wildman–Crippen MR) is 206 cm³/mol. The summed E-state index contributed by atoms with van der Waals surface area (Å²) in [4.78, 5) is 29.7. The molecule has 276 valence electrons. The minimum absolute atomic E-state index is 0.0576. The molecule has 3 aromatic rings. The van der Waals surface area contributed by atoms with Crippen LogP contribution in [0.1, 0.15) is 84.7 Å². The molecule has 0 aliphatic carbocycles. The molecule has 0 fully saturated rings. The molecule has 51 heavy (non-hydrogen) atoms. The van der Waals surface area contributed by atoms with Crippen molar-refractivity contribution in [1.29, 1.82) is 0 Å². The molecule has 2 heterocycles. The first-order valence-corrected chi connectivity index (χ1v) is 19.7. The van der Waals surface area contributed by atoms with Crippen molar-refractivity contribution in [2.75, 3.05) is 30.9 Å². The van der Waals surface area contributed by atoms with E-state index in [0.717, 1.165) is 43.4 Å². The Kier molecular flexibility index (Phi) is 14.3. The van der Waals surface area contributed by atoms with Crippen LogP contribution >= 0.6 is 11.6 Å². The fourth-order valence-corrected chi connectivity index (χ4v) is 8.58. The molecular weight excluding hydrogens is 686 g/mol. The Morgan fingerprint density at radius 3 is 2.61 bits per heavy atom. The predicted octanol–water partition coefficient (Wildman–Crippen LogP) is 8.21. The van der Waals surface area contributed by atoms with Gasteiger partial charge in [-0.15, -0.1) is 22.6 Å². The summed E-state index contributed by atoms with van der Waals surface area (Å²) in [5.41, 5.74) is 3.42. The fraction of sp³-hybridized carbons (Fsp3) is 0.462. The largest absolute Gasteiger partial charge is 0.491 e. The number of carbonyl (C=O) groups excluding carboxylic acids is 2. The maximum absolute atomic E-state index is 14.4. The zero-order valence-electron chi connectivity index (χ0n) is 30.5. The van der Waals surface area contributed by atoms with Crippen molar-refractivity contribution < 1.29 is 23.3 Å². The fourth-order valence-electron chi connectivity index (χ4n) is 6.51. The van der Waals surface area contributed by atoms with E-state index < -0.39 is 21.7 Å². The standard InChI is InChI=1S/C39H52ClN5O5S/c1-8-13-27(4)26-51(48,43-38(47)34-25-44(6)41-39(34)49-7)42-37(46)31-17-19-36-35(22-31)45(23-29(10-3)28(5)14-9-2)24-32-16-18-33(40)21-30(32)15-11-12-20-50-36/h8-9,16-19,21-22,25,27-29H,1-2,10-15,20,23-24,26H2,3-7H3,(H,42,43,46,47,48)/t27-,28-,29-,51?/m0/s1. The van der Waals surface area contributed by atoms with E-state index in [1.54, 1.807) is 31.3 Å². The summed E-state index contributed by atoms with van der Waals surface area (Å²) in [5, 5.41) is 4.83. The molecule has 4 rings (SSSR count). The lowest BCUT2D eigenvalue weighted by atomic mass is 9.88. The average Bonchev–Trinajstić information content (AvgIpc) is 3.46. The van der Waals surface area contributed by atoms with Gasteiger partial charge < -0.3 is 14.4 Å². The van der Waals surface area contributed by atoms with Gasteiger partial charge in [0.2, 0.25) is 5.88 Å². The van der Waals surface area contributed by atoms with E-state index in [1.165, 1.54) is 23.6 Å². The van der Waals surface area contributed by atoms with Gasteiger partial charge in [-0.3, -0.25) is 19.0 Å². The van der Waals surface area contributed by atoms with Gasteiger partial charge in [-0.25, -0.2) is 4.21 Å². The number of carbonyl (C=O) groups is 2. The van der Waals surface area contributed by atoms with E-state index in [9.17, 15) is 13.8 Å². The van der Waals surface area contributed by atoms with Gasteiger partial charge in [-0.1, -0.05) is 57.0 Å². The molecule has 10 nitrogen and oxygen atoms in total. The van der Waals surface area contributed by atoms with Crippen LogP contribution in [0.5, 0.6) is 11.6 Å². The van der Waals surface area contributed by atoms with Gasteiger partial charge in [-0.2, -0.15) is 0 Å². The number of benzene rings is 2. The number of aromatic nitrogens is 2. The highest BCUT2D eigenvalue weighted by Gasteiger charge is 2.27. The maximum Gasteiger partial charge on any atom is 0.286 e. The Balaban J connectivity index is 1.81. The first-order chi connectivity index (χ1) is 24.4. The van der Waals surface area contributed by atoms with E-state index in [0.29, 0.717) is 48.7 Å². The number of fused-ring (bicyclic) bond motifs is 2. The van der Waals surface area contributed by atoms with Crippen LogP contribution in [0.2, 0.25) is 5.02 Å². The first kappa shape index (κ1) is 39.7. The van der Waals surface area contributed by atoms with Gasteiger partial charge >= 0.3 is 0 Å². The van der Waals surface area contributed by atoms with Crippen LogP contribution in [-0.2, 0) is 29.9 Å². The molecule has 2 aromatic carbocycles. The SMILES string of the molecule is C=CC[C@H](C)CS(=O)(=NC(=O)c1ccc2c(c1)N(C[C@H](CC)[C@@H](C)CC=C)Cc1ccc(Cl)cc1CCCCO2)NC(=O)c1cn(C)nc1OC. The highest BCUT2D eigenvalue weighted by molar-refractivity contribution is 7.92. The van der Waals surface area contributed by atoms with Gasteiger partial charge in [-0.05, 0) is 91.3 Å². The third kappa shape index (κ3) is 10.7. The normalized spacial score (nSPS) is 16.1. The lowest BCUT2D eigenvalue weighted by Gasteiger charge is -2.33. The third-order valence-corrected chi connectivity index (χ3v) is 11.5. The van der Waals surface area contributed by atoms with Gasteiger partial charge in [0.15, 0.2) is 0 Å². The summed E-state index contributed by atoms with van der Waals surface area (Å²) in [6.45, 7) is 15.9. The number of ether oxygens (including phenoxy) is 2. The van der Waals surface area contributed by atoms with Crippen molar-refractivity contribution in [3.8, 4) is 11.6 Å². The molecule has 4 atom stereocenters. The molecule has 1 unspecified atom stereocenters. The van der Waals surface area contributed by atoms with Gasteiger partial charge in [0.25, 0.3) is 11.8 Å². The second kappa shape index (κ2) is 18.4. The molecule has 1 aliphatic rings. The van der Waals surface area contributed by atoms with Crippen molar-refractivity contribution in [3.63, 3.8) is 0 Å². The van der Waals surface area contributed by atoms with Crippen LogP contribution < -0.4 is 19.1 Å². The van der Waals surface area contributed by atoms with Crippen LogP contribution in [0.4, 0.5) is 5.69 Å². The van der Waals surface area contributed by atoms with E-state index >= 15 is 0 Å². The van der Waals surface area contributed by atoms with E-state index in [-0.39, 0.29) is 28.7 Å². The Labute approximate surface area is 308 Å². The zero-order chi connectivity index (χ0) is 37.1. The number of nitrogens with one attached hydrogen (secondary N) is 1. The number of amides is 2. The molecule has 12 heteroatoms. The Morgan fingerprint density at radius 2 is 1.90 bits per heavy atom. The molecule has 1 N–H and O–H groups in total. The molecule has 0 radical (unpaired) electrons. The molecule has 0 spiro atoms. The van der Waals surface area contributed by atoms with Crippen molar-refractivity contribution in [2.24, 2.45) is 29.2 Å². The molecule has 0 bridgehead atoms. The summed E-state index contributed by atoms with van der Waals surface area (Å²) in [7, 11) is -0.561. The second-order valence-electron chi connectivity index (χ2n) is 13.4. The molecule has 0 saturated heterocycles. The molecular formula is C39H52ClN5O5S. The van der Waals surface area contributed by atoms with Crippen LogP contribution in [0, 0.1) is 17.8 Å². The summed E-state index contributed by atoms with van der Waals surface area (Å²) in [6.07, 6.45) is 10.2. The summed E-state index contributed by atoms with van der Waals surface area (Å²) >= 11 is 6.46. The van der Waals surface area contributed by atoms with E-state index in [2.05, 4.69) is 52.2 Å². The van der Waals surface area contributed by atoms with Crippen LogP contribution in [0.3, 0.4) is 0 Å². The number of allylic oxidation sites excluding steroid dienone is 2. The monoisotopic (exact) mass is 737 g/mol. The second-order valence-corrected chi connectivity index (χ2v) is 15.9. The number of nitrogens with zero attached hydrogens (tertiary/aromatic N) is 4. The van der Waals surface area contributed by atoms with Crippen molar-refractivity contribution in [3.05, 3.63) is 95.2 Å². The Morgan fingerprint density at radius 1 is 1.14 bits per heavy atom. The number of hydrogen-bond acceptors (Lipinski definition) is 7. The van der Waals surface area contributed by atoms with Crippen molar-refractivity contribution in [2.45, 2.75) is 65.8 Å². The van der Waals surface area contributed by atoms with Crippen molar-refractivity contribution >= 4 is 39.0 Å². The first-order valence-electron chi connectivity index (χ1n) is 17.6. The van der Waals surface area contributed by atoms with Gasteiger partial charge in [0, 0.05) is 36.9 Å². The topological polar surface area (TPSA) is 115 Å². The molecule has 0 saturated carbocycles. The zero-order valence-corrected chi connectivity index (χ0v) is 32.1. The molecule has 1 aromatic heterocycles. The van der Waals surface area contributed by atoms with Gasteiger partial charge in [0.1, 0.15) is 21.2 Å². The maximum atomic E-state index is 14.4. The van der Waals surface area contributed by atoms with Crippen LogP contribution in [-0.4, -0.2) is 51.8 Å². The van der Waals surface area contributed by atoms with Crippen LogP contribution in [0.25, 0.3) is 0 Å². The summed E-state index contributed by atoms with van der Waals surface area (Å²) < 4.78 is 34.3. The number of hydrogen-bond donors (Lipinski definition) is 1. The minimum atomic E-state index is -3.60. The minimum Gasteiger partial charge on any atom is -0.491 e. The molecule has 1 aliphatic heterocycles. The van der Waals surface area contributed by atoms with E-state index in [4.69, 9.17) is 21.1 Å². The number of rotatable bonds is 14. The van der Waals surface area contributed by atoms with Gasteiger partial charge in [0.05, 0.1) is 25.2 Å². The highest BCUT2D eigenvalue weighted by atomic mass is 35.5. The lowest BCUT2D eigenvalue weighted by Crippen LogP contribution is -2.35. The lowest BCUT2D eigenvalue weighted by molar-refractivity contribution is 0.0979. The number of anilines is 1. The average molecular weight is 738 g/mol. The Bertz CT molecular complexity index is 1830. The Hall–Kier alpha value is -4.09. The van der Waals surface area contributed by atoms with E-state index in [1.807, 2.05) is 25.1 Å². The number of methoxy groups -OCH3 is 1. The van der Waals surface area contributed by atoms with Crippen molar-refractivity contribution in [1.82, 2.24) is 14.5 Å². The highest BCUT2D eigenvalue weighted by Crippen LogP contribution is 2.35. The summed E-state index contributed by atoms with van der Waals surface area (Å²) in [5.74, 6) is -0.217. The smallest absolute Gasteiger partial charge is 0.286 e. The molecule has 2 amide bonds. The quantitative estimate of drug-likeness (QED) is 0.166. The van der Waals surface area contributed by atoms with Crippen LogP contribution in [0.15, 0.2) is 72.3 Å². The summed E-state index contributed by atoms with van der Waals surface area (Å²) in [6, 6.07) is 11.3. The number of halogens is 1. The third-order valence-electron chi connectivity index (χ3n) is 9.29. The number of aryl methyl sites for hydroxylation is 2.